The zero-order chi connectivity index (χ0) is 49.1. The van der Waals surface area contributed by atoms with Crippen LogP contribution in [-0.2, 0) is 20.1 Å². The first-order valence-electron chi connectivity index (χ1n) is 24.3. The molecule has 0 atom stereocenters. The molecule has 0 amide bonds. The summed E-state index contributed by atoms with van der Waals surface area (Å²) in [6.07, 6.45) is 5.39. The molecule has 0 aliphatic rings. The standard InChI is InChI=1S/C37H33N4O.C15H18NSi.Ir/c1-21(2)29-18-26(25-10-8-7-9-11-25)19-30(22(3)4)34(29)41-32-20-38-17-16-31(32)40-36(41)28-14-12-23(5)33-27-15-13-24(6)39-37(27)42-35(28)33;1-12-5-7-13(8-6-12)15-10-9-14(11-16-15)17(2,3)4;/h7-13,15-22H,1-6H3;5-7,9-11H,1-4H3;/q2*-1;/i5D3,6D3;1D3;. The summed E-state index contributed by atoms with van der Waals surface area (Å²) in [5, 5.41) is 2.04. The van der Waals surface area contributed by atoms with Gasteiger partial charge >= 0.3 is 0 Å². The summed E-state index contributed by atoms with van der Waals surface area (Å²) < 4.78 is 79.0. The molecule has 0 aliphatic carbocycles. The molecule has 9 aromatic rings. The number of rotatable bonds is 7. The van der Waals surface area contributed by atoms with E-state index in [4.69, 9.17) is 21.7 Å². The van der Waals surface area contributed by atoms with E-state index in [1.165, 1.54) is 23.4 Å². The molecule has 60 heavy (non-hydrogen) atoms. The molecule has 0 bridgehead atoms. The summed E-state index contributed by atoms with van der Waals surface area (Å²) in [5.74, 6) is 0.740. The molecule has 0 aliphatic heterocycles. The topological polar surface area (TPSA) is 69.6 Å². The van der Waals surface area contributed by atoms with E-state index in [9.17, 15) is 0 Å². The number of hydrogen-bond acceptors (Lipinski definition) is 5. The number of hydrogen-bond donors (Lipinski definition) is 0. The van der Waals surface area contributed by atoms with E-state index in [2.05, 4.69) is 109 Å². The van der Waals surface area contributed by atoms with E-state index in [1.54, 1.807) is 30.6 Å². The van der Waals surface area contributed by atoms with E-state index in [1.807, 2.05) is 36.5 Å². The van der Waals surface area contributed by atoms with Gasteiger partial charge in [0.05, 0.1) is 36.7 Å². The molecule has 0 saturated carbocycles. The Kier molecular flexibility index (Phi) is 9.26. The average Bonchev–Trinajstić information content (AvgIpc) is 3.86. The van der Waals surface area contributed by atoms with Crippen molar-refractivity contribution in [1.82, 2.24) is 24.5 Å². The quantitative estimate of drug-likeness (QED) is 0.118. The van der Waals surface area contributed by atoms with Crippen molar-refractivity contribution in [3.63, 3.8) is 0 Å². The maximum atomic E-state index is 8.32. The third kappa shape index (κ3) is 8.29. The molecule has 0 N–H and O–H groups in total. The van der Waals surface area contributed by atoms with Crippen LogP contribution in [-0.4, -0.2) is 32.6 Å². The van der Waals surface area contributed by atoms with Crippen LogP contribution in [0.4, 0.5) is 0 Å². The average molecular weight is 991 g/mol. The molecule has 0 spiro atoms. The van der Waals surface area contributed by atoms with Gasteiger partial charge in [-0.3, -0.25) is 9.97 Å². The normalized spacial score (nSPS) is 14.5. The smallest absolute Gasteiger partial charge is 0.216 e. The fourth-order valence-electron chi connectivity index (χ4n) is 7.38. The maximum Gasteiger partial charge on any atom is 0.216 e. The minimum absolute atomic E-state index is 0. The molecule has 4 aromatic carbocycles. The molecule has 8 heteroatoms. The SMILES string of the molecule is [2H]C([2H])([2H])c1c[c-]c(-c2ccc([Si](C)(C)C)cn2)cc1.[2H]C([2H])([2H])c1ccc2c(n1)oc1c(-c3nc4ccncc4n3-c3c(C(C)C)cc(-c4ccccc4)cc3C(C)C)[c-]cc(C([2H])([2H])[2H])c12.[Ir]. The molecule has 0 saturated heterocycles. The van der Waals surface area contributed by atoms with Crippen LogP contribution in [0.2, 0.25) is 19.6 Å². The van der Waals surface area contributed by atoms with Crippen LogP contribution < -0.4 is 5.19 Å². The number of nitrogens with zero attached hydrogens (tertiary/aromatic N) is 5. The van der Waals surface area contributed by atoms with E-state index >= 15 is 0 Å². The Morgan fingerprint density at radius 2 is 1.55 bits per heavy atom. The molecule has 0 fully saturated rings. The van der Waals surface area contributed by atoms with E-state index in [0.717, 1.165) is 44.7 Å². The molecular weight excluding hydrogens is 931 g/mol. The van der Waals surface area contributed by atoms with E-state index < -0.39 is 28.6 Å². The zero-order valence-electron chi connectivity index (χ0n) is 43.6. The van der Waals surface area contributed by atoms with Crippen LogP contribution in [0.15, 0.2) is 120 Å². The van der Waals surface area contributed by atoms with Gasteiger partial charge in [-0.2, -0.15) is 0 Å². The summed E-state index contributed by atoms with van der Waals surface area (Å²) in [6, 6.07) is 36.2. The molecule has 6 nitrogen and oxygen atoms in total. The predicted octanol–water partition coefficient (Wildman–Crippen LogP) is 13.1. The first kappa shape index (κ1) is 32.3. The van der Waals surface area contributed by atoms with Gasteiger partial charge in [0.25, 0.3) is 0 Å². The van der Waals surface area contributed by atoms with Crippen molar-refractivity contribution in [2.75, 3.05) is 0 Å². The second kappa shape index (κ2) is 17.2. The molecule has 5 aromatic heterocycles. The number of benzene rings is 4. The number of aromatic nitrogens is 5. The van der Waals surface area contributed by atoms with Gasteiger partial charge in [-0.25, -0.2) is 4.98 Å². The Labute approximate surface area is 381 Å². The van der Waals surface area contributed by atoms with Gasteiger partial charge < -0.3 is 14.0 Å². The number of fused-ring (bicyclic) bond motifs is 4. The van der Waals surface area contributed by atoms with Crippen molar-refractivity contribution >= 4 is 46.4 Å². The molecule has 5 heterocycles. The van der Waals surface area contributed by atoms with Crippen LogP contribution in [0.25, 0.3) is 72.6 Å². The number of pyridine rings is 3. The van der Waals surface area contributed by atoms with Gasteiger partial charge in [-0.15, -0.1) is 53.1 Å². The molecule has 1 radical (unpaired) electrons. The fraction of sp³-hybridized carbons (Fsp3) is 0.231. The molecule has 0 unspecified atom stereocenters. The van der Waals surface area contributed by atoms with Gasteiger partial charge in [-0.1, -0.05) is 114 Å². The van der Waals surface area contributed by atoms with Crippen LogP contribution in [0.1, 0.15) is 79.8 Å². The third-order valence-electron chi connectivity index (χ3n) is 10.6. The monoisotopic (exact) mass is 991 g/mol. The second-order valence-electron chi connectivity index (χ2n) is 16.4. The number of imidazole rings is 1. The van der Waals surface area contributed by atoms with Crippen LogP contribution in [0.3, 0.4) is 0 Å². The van der Waals surface area contributed by atoms with Gasteiger partial charge in [-0.05, 0) is 82.2 Å². The minimum Gasteiger partial charge on any atom is -0.486 e. The van der Waals surface area contributed by atoms with Crippen molar-refractivity contribution in [3.05, 3.63) is 156 Å². The second-order valence-corrected chi connectivity index (χ2v) is 21.5. The Hall–Kier alpha value is -5.53. The Morgan fingerprint density at radius 3 is 2.18 bits per heavy atom. The largest absolute Gasteiger partial charge is 0.486 e. The summed E-state index contributed by atoms with van der Waals surface area (Å²) in [7, 11) is -1.34. The van der Waals surface area contributed by atoms with E-state index in [0.29, 0.717) is 33.2 Å². The van der Waals surface area contributed by atoms with Crippen molar-refractivity contribution in [1.29, 1.82) is 0 Å². The van der Waals surface area contributed by atoms with Gasteiger partial charge in [0.15, 0.2) is 0 Å². The van der Waals surface area contributed by atoms with Crippen molar-refractivity contribution in [3.8, 4) is 39.5 Å². The Bertz CT molecular complexity index is 3200. The van der Waals surface area contributed by atoms with Crippen LogP contribution >= 0.6 is 0 Å². The van der Waals surface area contributed by atoms with Crippen molar-refractivity contribution < 1.29 is 36.9 Å². The Morgan fingerprint density at radius 1 is 0.767 bits per heavy atom. The first-order chi connectivity index (χ1) is 31.9. The summed E-state index contributed by atoms with van der Waals surface area (Å²) in [5.41, 5.74) is 9.38. The van der Waals surface area contributed by atoms with Crippen molar-refractivity contribution in [2.24, 2.45) is 0 Å². The minimum atomic E-state index is -2.50. The Balaban J connectivity index is 0.000000281. The van der Waals surface area contributed by atoms with Crippen LogP contribution in [0.5, 0.6) is 0 Å². The first-order valence-corrected chi connectivity index (χ1v) is 23.3. The van der Waals surface area contributed by atoms with Crippen LogP contribution in [0, 0.1) is 32.7 Å². The number of aryl methyl sites for hydroxylation is 3. The van der Waals surface area contributed by atoms with Gasteiger partial charge in [0.1, 0.15) is 0 Å². The summed E-state index contributed by atoms with van der Waals surface area (Å²) >= 11 is 0. The van der Waals surface area contributed by atoms with Gasteiger partial charge in [0.2, 0.25) is 5.71 Å². The molecule has 9 rings (SSSR count). The molecule has 305 valence electrons. The van der Waals surface area contributed by atoms with Crippen molar-refractivity contribution in [2.45, 2.75) is 79.7 Å². The molecular formula is C52H51IrN5OSi-2. The summed E-state index contributed by atoms with van der Waals surface area (Å²) in [6.45, 7) is 8.44. The predicted molar refractivity (Wildman–Crippen MR) is 248 cm³/mol. The summed E-state index contributed by atoms with van der Waals surface area (Å²) in [4.78, 5) is 18.3. The third-order valence-corrected chi connectivity index (χ3v) is 12.6. The van der Waals surface area contributed by atoms with E-state index in [-0.39, 0.29) is 54.5 Å². The maximum absolute atomic E-state index is 8.32. The number of furan rings is 1. The fourth-order valence-corrected chi connectivity index (χ4v) is 8.42. The van der Waals surface area contributed by atoms with Gasteiger partial charge in [0, 0.05) is 61.6 Å². The zero-order valence-corrected chi connectivity index (χ0v) is 38.0.